The molecule has 0 aliphatic carbocycles. The van der Waals surface area contributed by atoms with Gasteiger partial charge in [-0.05, 0) is 38.6 Å². The van der Waals surface area contributed by atoms with Gasteiger partial charge in [-0.1, -0.05) is 38.2 Å². The van der Waals surface area contributed by atoms with Crippen LogP contribution in [-0.2, 0) is 4.74 Å². The van der Waals surface area contributed by atoms with E-state index in [1.165, 1.54) is 70.8 Å². The first-order valence-electron chi connectivity index (χ1n) is 7.85. The molecule has 0 aromatic rings. The Bertz CT molecular complexity index is 188. The van der Waals surface area contributed by atoms with Crippen molar-refractivity contribution in [3.8, 4) is 0 Å². The fourth-order valence-corrected chi connectivity index (χ4v) is 2.50. The lowest BCUT2D eigenvalue weighted by molar-refractivity contribution is 0.112. The lowest BCUT2D eigenvalue weighted by Gasteiger charge is -2.10. The molecule has 1 saturated heterocycles. The summed E-state index contributed by atoms with van der Waals surface area (Å²) in [5.41, 5.74) is 0. The minimum Gasteiger partial charge on any atom is -0.380 e. The molecule has 1 aliphatic heterocycles. The van der Waals surface area contributed by atoms with E-state index >= 15 is 0 Å². The van der Waals surface area contributed by atoms with Gasteiger partial charge in [-0.3, -0.25) is 0 Å². The minimum atomic E-state index is 0.634. The van der Waals surface area contributed by atoms with Crippen molar-refractivity contribution in [1.82, 2.24) is 5.32 Å². The summed E-state index contributed by atoms with van der Waals surface area (Å²) in [4.78, 5) is 0. The predicted molar refractivity (Wildman–Crippen MR) is 79.0 cm³/mol. The van der Waals surface area contributed by atoms with Crippen LogP contribution in [0.25, 0.3) is 0 Å². The second-order valence-corrected chi connectivity index (χ2v) is 5.42. The smallest absolute Gasteiger partial charge is 0.0619 e. The molecule has 0 amide bonds. The van der Waals surface area contributed by atoms with Crippen molar-refractivity contribution in [3.05, 3.63) is 12.7 Å². The Labute approximate surface area is 113 Å². The zero-order chi connectivity index (χ0) is 12.9. The number of hydrogen-bond acceptors (Lipinski definition) is 2. The van der Waals surface area contributed by atoms with Gasteiger partial charge in [-0.25, -0.2) is 0 Å². The lowest BCUT2D eigenvalue weighted by atomic mass is 10.1. The van der Waals surface area contributed by atoms with E-state index < -0.39 is 0 Å². The van der Waals surface area contributed by atoms with Crippen LogP contribution in [0.4, 0.5) is 0 Å². The zero-order valence-electron chi connectivity index (χ0n) is 12.0. The van der Waals surface area contributed by atoms with Gasteiger partial charge < -0.3 is 10.1 Å². The molecule has 106 valence electrons. The molecule has 0 unspecified atom stereocenters. The van der Waals surface area contributed by atoms with Gasteiger partial charge in [0.2, 0.25) is 0 Å². The summed E-state index contributed by atoms with van der Waals surface area (Å²) in [6.45, 7) is 6.80. The molecule has 2 nitrogen and oxygen atoms in total. The largest absolute Gasteiger partial charge is 0.380 e. The van der Waals surface area contributed by atoms with Crippen molar-refractivity contribution in [2.45, 2.75) is 70.3 Å². The van der Waals surface area contributed by atoms with E-state index in [1.54, 1.807) is 0 Å². The molecule has 1 fully saturated rings. The molecule has 1 heterocycles. The first kappa shape index (κ1) is 15.7. The number of rotatable bonds is 12. The van der Waals surface area contributed by atoms with Gasteiger partial charge in [0.25, 0.3) is 0 Å². The monoisotopic (exact) mass is 253 g/mol. The van der Waals surface area contributed by atoms with Gasteiger partial charge in [-0.15, -0.1) is 6.58 Å². The maximum atomic E-state index is 5.70. The van der Waals surface area contributed by atoms with Crippen LogP contribution in [0, 0.1) is 0 Å². The van der Waals surface area contributed by atoms with Crippen molar-refractivity contribution < 1.29 is 4.74 Å². The van der Waals surface area contributed by atoms with Gasteiger partial charge in [-0.2, -0.15) is 0 Å². The van der Waals surface area contributed by atoms with E-state index in [0.29, 0.717) is 6.04 Å². The molecule has 1 N–H and O–H groups in total. The second kappa shape index (κ2) is 11.7. The number of unbranched alkanes of at least 4 members (excludes halogenated alkanes) is 7. The molecule has 0 aromatic carbocycles. The molecule has 0 saturated carbocycles. The molecule has 1 aliphatic rings. The Morgan fingerprint density at radius 1 is 1.06 bits per heavy atom. The fraction of sp³-hybridized carbons (Fsp3) is 0.875. The maximum Gasteiger partial charge on any atom is 0.0619 e. The maximum absolute atomic E-state index is 5.70. The number of allylic oxidation sites excluding steroid dienone is 1. The van der Waals surface area contributed by atoms with Crippen molar-refractivity contribution >= 4 is 0 Å². The van der Waals surface area contributed by atoms with Gasteiger partial charge in [0, 0.05) is 12.6 Å². The summed E-state index contributed by atoms with van der Waals surface area (Å²) >= 11 is 0. The van der Waals surface area contributed by atoms with Crippen LogP contribution in [0.2, 0.25) is 0 Å². The van der Waals surface area contributed by atoms with Crippen LogP contribution in [0.3, 0.4) is 0 Å². The SMILES string of the molecule is C=CCCCCCCCCCOC[C@@H]1CCCN1. The average Bonchev–Trinajstić information content (AvgIpc) is 2.89. The highest BCUT2D eigenvalue weighted by Gasteiger charge is 2.13. The first-order chi connectivity index (χ1) is 8.93. The van der Waals surface area contributed by atoms with Crippen LogP contribution in [-0.4, -0.2) is 25.8 Å². The van der Waals surface area contributed by atoms with E-state index in [-0.39, 0.29) is 0 Å². The van der Waals surface area contributed by atoms with E-state index in [9.17, 15) is 0 Å². The van der Waals surface area contributed by atoms with E-state index in [1.807, 2.05) is 6.08 Å². The van der Waals surface area contributed by atoms with Crippen LogP contribution >= 0.6 is 0 Å². The summed E-state index contributed by atoms with van der Waals surface area (Å²) in [5, 5.41) is 3.46. The second-order valence-electron chi connectivity index (χ2n) is 5.42. The Morgan fingerprint density at radius 3 is 2.44 bits per heavy atom. The van der Waals surface area contributed by atoms with E-state index in [4.69, 9.17) is 4.74 Å². The van der Waals surface area contributed by atoms with Crippen molar-refractivity contribution in [2.75, 3.05) is 19.8 Å². The standard InChI is InChI=1S/C16H31NO/c1-2-3-4-5-6-7-8-9-10-14-18-15-16-12-11-13-17-16/h2,16-17H,1,3-15H2/t16-/m0/s1. The highest BCUT2D eigenvalue weighted by Crippen LogP contribution is 2.09. The van der Waals surface area contributed by atoms with E-state index in [0.717, 1.165) is 13.2 Å². The Hall–Kier alpha value is -0.340. The summed E-state index contributed by atoms with van der Waals surface area (Å²) in [7, 11) is 0. The molecular formula is C16H31NO. The number of ether oxygens (including phenoxy) is 1. The normalized spacial score (nSPS) is 19.2. The molecule has 0 spiro atoms. The van der Waals surface area contributed by atoms with Gasteiger partial charge >= 0.3 is 0 Å². The minimum absolute atomic E-state index is 0.634. The Morgan fingerprint density at radius 2 is 1.78 bits per heavy atom. The molecule has 18 heavy (non-hydrogen) atoms. The van der Waals surface area contributed by atoms with Gasteiger partial charge in [0.1, 0.15) is 0 Å². The van der Waals surface area contributed by atoms with Crippen LogP contribution < -0.4 is 5.32 Å². The third kappa shape index (κ3) is 8.71. The molecule has 1 atom stereocenters. The first-order valence-corrected chi connectivity index (χ1v) is 7.85. The molecular weight excluding hydrogens is 222 g/mol. The highest BCUT2D eigenvalue weighted by molar-refractivity contribution is 4.73. The van der Waals surface area contributed by atoms with Crippen LogP contribution in [0.5, 0.6) is 0 Å². The molecule has 0 radical (unpaired) electrons. The van der Waals surface area contributed by atoms with Crippen LogP contribution in [0.1, 0.15) is 64.2 Å². The quantitative estimate of drug-likeness (QED) is 0.418. The number of hydrogen-bond donors (Lipinski definition) is 1. The lowest BCUT2D eigenvalue weighted by Crippen LogP contribution is -2.26. The fourth-order valence-electron chi connectivity index (χ4n) is 2.50. The van der Waals surface area contributed by atoms with E-state index in [2.05, 4.69) is 11.9 Å². The topological polar surface area (TPSA) is 21.3 Å². The summed E-state index contributed by atoms with van der Waals surface area (Å²) in [6.07, 6.45) is 15.2. The van der Waals surface area contributed by atoms with Crippen molar-refractivity contribution in [2.24, 2.45) is 0 Å². The van der Waals surface area contributed by atoms with Gasteiger partial charge in [0.05, 0.1) is 6.61 Å². The average molecular weight is 253 g/mol. The third-order valence-corrected chi connectivity index (χ3v) is 3.68. The van der Waals surface area contributed by atoms with Gasteiger partial charge in [0.15, 0.2) is 0 Å². The van der Waals surface area contributed by atoms with Crippen molar-refractivity contribution in [3.63, 3.8) is 0 Å². The Kier molecular flexibility index (Phi) is 10.2. The summed E-state index contributed by atoms with van der Waals surface area (Å²) in [6, 6.07) is 0.634. The summed E-state index contributed by atoms with van der Waals surface area (Å²) in [5.74, 6) is 0. The molecule has 1 rings (SSSR count). The molecule has 0 bridgehead atoms. The highest BCUT2D eigenvalue weighted by atomic mass is 16.5. The Balaban J connectivity index is 1.69. The van der Waals surface area contributed by atoms with Crippen LogP contribution in [0.15, 0.2) is 12.7 Å². The number of nitrogens with one attached hydrogen (secondary N) is 1. The summed E-state index contributed by atoms with van der Waals surface area (Å²) < 4.78 is 5.70. The molecule has 0 aromatic heterocycles. The zero-order valence-corrected chi connectivity index (χ0v) is 12.0. The molecule has 2 heteroatoms. The van der Waals surface area contributed by atoms with Crippen molar-refractivity contribution in [1.29, 1.82) is 0 Å². The third-order valence-electron chi connectivity index (χ3n) is 3.68. The predicted octanol–water partition coefficient (Wildman–Crippen LogP) is 4.06.